The lowest BCUT2D eigenvalue weighted by atomic mass is 10.1. The van der Waals surface area contributed by atoms with Crippen molar-refractivity contribution in [2.45, 2.75) is 26.8 Å². The highest BCUT2D eigenvalue weighted by Gasteiger charge is 2.18. The predicted octanol–water partition coefficient (Wildman–Crippen LogP) is 2.23. The summed E-state index contributed by atoms with van der Waals surface area (Å²) in [5, 5.41) is 10.1. The van der Waals surface area contributed by atoms with Crippen molar-refractivity contribution in [1.82, 2.24) is 10.3 Å². The largest absolute Gasteiger partial charge is 0.346 e. The molecule has 0 aliphatic carbocycles. The molecule has 5 N–H and O–H groups in total. The first kappa shape index (κ1) is 23.5. The fourth-order valence-electron chi connectivity index (χ4n) is 2.14. The van der Waals surface area contributed by atoms with Crippen LogP contribution in [0, 0.1) is 5.92 Å². The van der Waals surface area contributed by atoms with Gasteiger partial charge in [0.2, 0.25) is 17.7 Å². The molecular formula is C18H24ClN5O3S. The summed E-state index contributed by atoms with van der Waals surface area (Å²) < 4.78 is 0. The average molecular weight is 426 g/mol. The Hall–Kier alpha value is -2.49. The summed E-state index contributed by atoms with van der Waals surface area (Å²) in [6.07, 6.45) is 0. The summed E-state index contributed by atoms with van der Waals surface area (Å²) >= 11 is 1.28. The van der Waals surface area contributed by atoms with Gasteiger partial charge in [-0.15, -0.1) is 23.7 Å². The van der Waals surface area contributed by atoms with Gasteiger partial charge in [-0.3, -0.25) is 14.4 Å². The van der Waals surface area contributed by atoms with Crippen LogP contribution in [0.4, 0.5) is 10.8 Å². The van der Waals surface area contributed by atoms with E-state index >= 15 is 0 Å². The first-order valence-corrected chi connectivity index (χ1v) is 9.31. The molecule has 1 atom stereocenters. The molecule has 0 radical (unpaired) electrons. The van der Waals surface area contributed by atoms with Crippen molar-refractivity contribution in [2.75, 3.05) is 17.2 Å². The number of carbonyl (C=O) groups excluding carboxylic acids is 3. The second kappa shape index (κ2) is 10.7. The number of nitrogens with one attached hydrogen (secondary N) is 3. The van der Waals surface area contributed by atoms with Crippen molar-refractivity contribution in [3.8, 4) is 11.3 Å². The summed E-state index contributed by atoms with van der Waals surface area (Å²) in [5.41, 5.74) is 7.99. The van der Waals surface area contributed by atoms with Crippen LogP contribution in [0.3, 0.4) is 0 Å². The van der Waals surface area contributed by atoms with Crippen LogP contribution in [0.5, 0.6) is 0 Å². The molecule has 2 rings (SSSR count). The Bertz CT molecular complexity index is 823. The van der Waals surface area contributed by atoms with Gasteiger partial charge in [0, 0.05) is 23.6 Å². The second-order valence-corrected chi connectivity index (χ2v) is 7.19. The summed E-state index contributed by atoms with van der Waals surface area (Å²) in [7, 11) is 0. The fourth-order valence-corrected chi connectivity index (χ4v) is 2.88. The predicted molar refractivity (Wildman–Crippen MR) is 114 cm³/mol. The van der Waals surface area contributed by atoms with E-state index in [1.54, 1.807) is 12.1 Å². The van der Waals surface area contributed by atoms with Gasteiger partial charge in [0.05, 0.1) is 18.3 Å². The number of hydrogen-bond acceptors (Lipinski definition) is 6. The molecule has 0 bridgehead atoms. The van der Waals surface area contributed by atoms with Gasteiger partial charge < -0.3 is 21.7 Å². The highest BCUT2D eigenvalue weighted by molar-refractivity contribution is 7.14. The Morgan fingerprint density at radius 1 is 1.14 bits per heavy atom. The van der Waals surface area contributed by atoms with E-state index in [0.29, 0.717) is 16.5 Å². The van der Waals surface area contributed by atoms with E-state index in [2.05, 4.69) is 20.9 Å². The molecule has 0 fully saturated rings. The smallest absolute Gasteiger partial charge is 0.245 e. The Morgan fingerprint density at radius 2 is 1.79 bits per heavy atom. The molecule has 0 unspecified atom stereocenters. The number of nitrogens with zero attached hydrogens (tertiary/aromatic N) is 1. The third kappa shape index (κ3) is 6.91. The van der Waals surface area contributed by atoms with Crippen LogP contribution in [-0.2, 0) is 14.4 Å². The molecule has 0 aliphatic rings. The van der Waals surface area contributed by atoms with Gasteiger partial charge in [-0.05, 0) is 18.1 Å². The number of anilines is 2. The van der Waals surface area contributed by atoms with E-state index in [4.69, 9.17) is 5.73 Å². The van der Waals surface area contributed by atoms with Crippen LogP contribution in [0.25, 0.3) is 11.3 Å². The molecule has 0 saturated heterocycles. The Kier molecular flexibility index (Phi) is 9.04. The first-order valence-electron chi connectivity index (χ1n) is 8.43. The zero-order valence-electron chi connectivity index (χ0n) is 15.8. The number of amides is 3. The first-order chi connectivity index (χ1) is 12.8. The Balaban J connectivity index is 0.00000392. The molecule has 1 aromatic carbocycles. The molecular weight excluding hydrogens is 402 g/mol. The van der Waals surface area contributed by atoms with E-state index in [1.807, 2.05) is 31.4 Å². The van der Waals surface area contributed by atoms with Crippen molar-refractivity contribution >= 4 is 52.3 Å². The van der Waals surface area contributed by atoms with Crippen molar-refractivity contribution < 1.29 is 14.4 Å². The lowest BCUT2D eigenvalue weighted by Gasteiger charge is -2.14. The molecule has 10 heteroatoms. The minimum atomic E-state index is -0.648. The van der Waals surface area contributed by atoms with Gasteiger partial charge in [-0.1, -0.05) is 26.0 Å². The molecule has 1 aromatic heterocycles. The van der Waals surface area contributed by atoms with Crippen LogP contribution in [0.2, 0.25) is 0 Å². The number of rotatable bonds is 7. The monoisotopic (exact) mass is 425 g/mol. The maximum Gasteiger partial charge on any atom is 0.245 e. The normalized spacial score (nSPS) is 11.3. The zero-order valence-corrected chi connectivity index (χ0v) is 17.4. The van der Waals surface area contributed by atoms with Gasteiger partial charge in [-0.25, -0.2) is 4.98 Å². The maximum atomic E-state index is 12.0. The van der Waals surface area contributed by atoms with Gasteiger partial charge >= 0.3 is 0 Å². The molecule has 3 amide bonds. The quantitative estimate of drug-likeness (QED) is 0.541. The summed E-state index contributed by atoms with van der Waals surface area (Å²) in [6.45, 7) is 4.95. The van der Waals surface area contributed by atoms with Crippen LogP contribution in [0.1, 0.15) is 20.8 Å². The van der Waals surface area contributed by atoms with E-state index in [0.717, 1.165) is 5.56 Å². The minimum absolute atomic E-state index is 0. The second-order valence-electron chi connectivity index (χ2n) is 6.33. The number of hydrogen-bond donors (Lipinski definition) is 4. The third-order valence-electron chi connectivity index (χ3n) is 3.70. The lowest BCUT2D eigenvalue weighted by molar-refractivity contribution is -0.125. The standard InChI is InChI=1S/C18H23N5O3S.ClH/c1-10(2)16(19)17(26)20-8-15(25)23-18-22-14(9-27-18)12-4-6-13(7-5-12)21-11(3)24;/h4-7,9-10,16H,8,19H2,1-3H3,(H,20,26)(H,21,24)(H,22,23,25);1H/t16-;/m0./s1. The Labute approximate surface area is 173 Å². The number of benzene rings is 1. The highest BCUT2D eigenvalue weighted by atomic mass is 35.5. The van der Waals surface area contributed by atoms with Crippen molar-refractivity contribution in [3.05, 3.63) is 29.6 Å². The van der Waals surface area contributed by atoms with Crippen molar-refractivity contribution in [1.29, 1.82) is 0 Å². The van der Waals surface area contributed by atoms with Crippen LogP contribution >= 0.6 is 23.7 Å². The molecule has 0 saturated carbocycles. The molecule has 8 nitrogen and oxygen atoms in total. The fraction of sp³-hybridized carbons (Fsp3) is 0.333. The number of nitrogens with two attached hydrogens (primary N) is 1. The van der Waals surface area contributed by atoms with Crippen LogP contribution in [0.15, 0.2) is 29.6 Å². The van der Waals surface area contributed by atoms with E-state index in [9.17, 15) is 14.4 Å². The van der Waals surface area contributed by atoms with Gasteiger partial charge in [0.15, 0.2) is 5.13 Å². The van der Waals surface area contributed by atoms with E-state index in [-0.39, 0.29) is 42.6 Å². The lowest BCUT2D eigenvalue weighted by Crippen LogP contribution is -2.46. The van der Waals surface area contributed by atoms with Crippen molar-refractivity contribution in [2.24, 2.45) is 11.7 Å². The SMILES string of the molecule is CC(=O)Nc1ccc(-c2csc(NC(=O)CNC(=O)[C@@H](N)C(C)C)n2)cc1.Cl. The minimum Gasteiger partial charge on any atom is -0.346 e. The van der Waals surface area contributed by atoms with E-state index < -0.39 is 6.04 Å². The molecule has 1 heterocycles. The van der Waals surface area contributed by atoms with Gasteiger partial charge in [0.1, 0.15) is 0 Å². The van der Waals surface area contributed by atoms with Gasteiger partial charge in [0.25, 0.3) is 0 Å². The van der Waals surface area contributed by atoms with Crippen molar-refractivity contribution in [3.63, 3.8) is 0 Å². The summed E-state index contributed by atoms with van der Waals surface area (Å²) in [6, 6.07) is 6.58. The van der Waals surface area contributed by atoms with Crippen LogP contribution in [-0.4, -0.2) is 35.3 Å². The molecule has 2 aromatic rings. The molecule has 0 aliphatic heterocycles. The highest BCUT2D eigenvalue weighted by Crippen LogP contribution is 2.25. The summed E-state index contributed by atoms with van der Waals surface area (Å²) in [5.74, 6) is -0.880. The molecule has 152 valence electrons. The average Bonchev–Trinajstić information content (AvgIpc) is 3.07. The van der Waals surface area contributed by atoms with E-state index in [1.165, 1.54) is 18.3 Å². The van der Waals surface area contributed by atoms with Crippen LogP contribution < -0.4 is 21.7 Å². The summed E-state index contributed by atoms with van der Waals surface area (Å²) in [4.78, 5) is 39.1. The van der Waals surface area contributed by atoms with Gasteiger partial charge in [-0.2, -0.15) is 0 Å². The Morgan fingerprint density at radius 3 is 2.36 bits per heavy atom. The number of carbonyl (C=O) groups is 3. The maximum absolute atomic E-state index is 12.0. The topological polar surface area (TPSA) is 126 Å². The molecule has 28 heavy (non-hydrogen) atoms. The number of halogens is 1. The number of aromatic nitrogens is 1. The molecule has 0 spiro atoms. The number of thiazole rings is 1. The third-order valence-corrected chi connectivity index (χ3v) is 4.45. The zero-order chi connectivity index (χ0) is 20.0.